The van der Waals surface area contributed by atoms with Gasteiger partial charge in [0.15, 0.2) is 5.96 Å². The van der Waals surface area contributed by atoms with E-state index in [9.17, 15) is 0 Å². The van der Waals surface area contributed by atoms with Crippen molar-refractivity contribution in [1.29, 1.82) is 0 Å². The fraction of sp³-hybridized carbons (Fsp3) is 0.273. The molecule has 0 atom stereocenters. The summed E-state index contributed by atoms with van der Waals surface area (Å²) < 4.78 is 7.53. The smallest absolute Gasteiger partial charge is 0.191 e. The van der Waals surface area contributed by atoms with E-state index in [1.54, 1.807) is 13.2 Å². The van der Waals surface area contributed by atoms with E-state index in [1.165, 1.54) is 11.1 Å². The average molecular weight is 377 g/mol. The number of rotatable bonds is 9. The Morgan fingerprint density at radius 2 is 1.75 bits per heavy atom. The molecule has 0 unspecified atom stereocenters. The highest BCUT2D eigenvalue weighted by molar-refractivity contribution is 5.79. The fourth-order valence-electron chi connectivity index (χ4n) is 2.79. The first-order valence-corrected chi connectivity index (χ1v) is 9.50. The summed E-state index contributed by atoms with van der Waals surface area (Å²) in [7, 11) is 1.78. The van der Waals surface area contributed by atoms with E-state index in [0.29, 0.717) is 19.8 Å². The third-order valence-corrected chi connectivity index (χ3v) is 4.29. The van der Waals surface area contributed by atoms with Gasteiger partial charge >= 0.3 is 0 Å². The molecule has 146 valence electrons. The van der Waals surface area contributed by atoms with E-state index in [-0.39, 0.29) is 0 Å². The molecule has 6 heteroatoms. The van der Waals surface area contributed by atoms with Gasteiger partial charge in [0.1, 0.15) is 0 Å². The average Bonchev–Trinajstić information content (AvgIpc) is 3.28. The second-order valence-electron chi connectivity index (χ2n) is 6.33. The van der Waals surface area contributed by atoms with Crippen molar-refractivity contribution in [2.75, 3.05) is 26.7 Å². The maximum atomic E-state index is 5.68. The van der Waals surface area contributed by atoms with Gasteiger partial charge in [0.05, 0.1) is 18.9 Å². The van der Waals surface area contributed by atoms with Crippen LogP contribution < -0.4 is 10.6 Å². The molecule has 0 aliphatic carbocycles. The Labute approximate surface area is 166 Å². The van der Waals surface area contributed by atoms with Crippen LogP contribution in [0.3, 0.4) is 0 Å². The Bertz CT molecular complexity index is 829. The van der Waals surface area contributed by atoms with Crippen LogP contribution in [0.5, 0.6) is 0 Å². The summed E-state index contributed by atoms with van der Waals surface area (Å²) in [5.74, 6) is 0.788. The van der Waals surface area contributed by atoms with Gasteiger partial charge in [-0.15, -0.1) is 0 Å². The van der Waals surface area contributed by atoms with Crippen LogP contribution in [-0.2, 0) is 17.8 Å². The zero-order chi connectivity index (χ0) is 19.4. The number of aromatic nitrogens is 2. The minimum Gasteiger partial charge on any atom is -0.375 e. The summed E-state index contributed by atoms with van der Waals surface area (Å²) >= 11 is 0. The van der Waals surface area contributed by atoms with E-state index in [4.69, 9.17) is 4.74 Å². The summed E-state index contributed by atoms with van der Waals surface area (Å²) in [5.41, 5.74) is 3.52. The second-order valence-corrected chi connectivity index (χ2v) is 6.33. The minimum absolute atomic E-state index is 0.628. The number of ether oxygens (including phenoxy) is 1. The van der Waals surface area contributed by atoms with Crippen molar-refractivity contribution in [3.8, 4) is 5.69 Å². The third kappa shape index (κ3) is 6.25. The van der Waals surface area contributed by atoms with Gasteiger partial charge in [0.25, 0.3) is 0 Å². The molecule has 0 aliphatic rings. The van der Waals surface area contributed by atoms with Crippen molar-refractivity contribution in [2.24, 2.45) is 4.99 Å². The van der Waals surface area contributed by atoms with E-state index in [0.717, 1.165) is 24.6 Å². The monoisotopic (exact) mass is 377 g/mol. The molecule has 0 amide bonds. The molecule has 2 aromatic carbocycles. The Morgan fingerprint density at radius 1 is 0.964 bits per heavy atom. The maximum absolute atomic E-state index is 5.68. The van der Waals surface area contributed by atoms with Gasteiger partial charge in [0.2, 0.25) is 0 Å². The van der Waals surface area contributed by atoms with Crippen LogP contribution >= 0.6 is 0 Å². The molecule has 3 rings (SSSR count). The van der Waals surface area contributed by atoms with Crippen LogP contribution in [0.25, 0.3) is 5.69 Å². The molecule has 1 aromatic heterocycles. The number of nitrogens with one attached hydrogen (secondary N) is 2. The number of hydrogen-bond donors (Lipinski definition) is 2. The van der Waals surface area contributed by atoms with Crippen molar-refractivity contribution in [3.05, 3.63) is 84.2 Å². The van der Waals surface area contributed by atoms with Gasteiger partial charge in [-0.3, -0.25) is 4.99 Å². The molecular formula is C22H27N5O. The lowest BCUT2D eigenvalue weighted by Gasteiger charge is -2.12. The largest absolute Gasteiger partial charge is 0.375 e. The lowest BCUT2D eigenvalue weighted by Crippen LogP contribution is -2.39. The van der Waals surface area contributed by atoms with Crippen LogP contribution in [0.15, 0.2) is 78.0 Å². The first-order chi connectivity index (χ1) is 13.8. The number of guanidine groups is 1. The van der Waals surface area contributed by atoms with Crippen LogP contribution in [0.4, 0.5) is 0 Å². The minimum atomic E-state index is 0.628. The highest BCUT2D eigenvalue weighted by Crippen LogP contribution is 2.08. The molecule has 1 heterocycles. The van der Waals surface area contributed by atoms with Gasteiger partial charge in [0, 0.05) is 32.5 Å². The standard InChI is InChI=1S/C22H27N5O/c1-23-22(25-15-17-28-18-20-6-3-2-4-7-20)24-14-12-19-8-10-21(11-9-19)27-16-5-13-26-27/h2-11,13,16H,12,14-15,17-18H2,1H3,(H2,23,24,25). The van der Waals surface area contributed by atoms with Gasteiger partial charge in [-0.1, -0.05) is 42.5 Å². The molecule has 0 bridgehead atoms. The topological polar surface area (TPSA) is 63.5 Å². The highest BCUT2D eigenvalue weighted by Gasteiger charge is 2.00. The first-order valence-electron chi connectivity index (χ1n) is 9.50. The molecule has 2 N–H and O–H groups in total. The van der Waals surface area contributed by atoms with Crippen LogP contribution in [-0.4, -0.2) is 42.5 Å². The molecule has 0 spiro atoms. The Kier molecular flexibility index (Phi) is 7.64. The van der Waals surface area contributed by atoms with Gasteiger partial charge in [-0.05, 0) is 35.7 Å². The van der Waals surface area contributed by atoms with E-state index in [2.05, 4.69) is 57.1 Å². The molecule has 28 heavy (non-hydrogen) atoms. The Morgan fingerprint density at radius 3 is 2.46 bits per heavy atom. The van der Waals surface area contributed by atoms with Gasteiger partial charge in [-0.25, -0.2) is 4.68 Å². The number of nitrogens with zero attached hydrogens (tertiary/aromatic N) is 3. The number of benzene rings is 2. The third-order valence-electron chi connectivity index (χ3n) is 4.29. The number of hydrogen-bond acceptors (Lipinski definition) is 3. The zero-order valence-electron chi connectivity index (χ0n) is 16.2. The highest BCUT2D eigenvalue weighted by atomic mass is 16.5. The molecule has 0 radical (unpaired) electrons. The van der Waals surface area contributed by atoms with E-state index < -0.39 is 0 Å². The predicted octanol–water partition coefficient (Wildman–Crippen LogP) is 2.80. The molecular weight excluding hydrogens is 350 g/mol. The predicted molar refractivity (Wildman–Crippen MR) is 113 cm³/mol. The normalized spacial score (nSPS) is 11.4. The summed E-state index contributed by atoms with van der Waals surface area (Å²) in [5, 5.41) is 10.8. The van der Waals surface area contributed by atoms with Crippen molar-refractivity contribution < 1.29 is 4.74 Å². The quantitative estimate of drug-likeness (QED) is 0.342. The van der Waals surface area contributed by atoms with Crippen LogP contribution in [0.1, 0.15) is 11.1 Å². The van der Waals surface area contributed by atoms with Crippen LogP contribution in [0, 0.1) is 0 Å². The van der Waals surface area contributed by atoms with Gasteiger partial charge < -0.3 is 15.4 Å². The molecule has 0 aliphatic heterocycles. The molecule has 0 saturated carbocycles. The summed E-state index contributed by atoms with van der Waals surface area (Å²) in [6.45, 7) is 2.78. The molecule has 0 saturated heterocycles. The summed E-state index contributed by atoms with van der Waals surface area (Å²) in [6.07, 6.45) is 4.64. The SMILES string of the molecule is CN=C(NCCOCc1ccccc1)NCCc1ccc(-n2cccn2)cc1. The van der Waals surface area contributed by atoms with Crippen molar-refractivity contribution in [1.82, 2.24) is 20.4 Å². The maximum Gasteiger partial charge on any atom is 0.191 e. The number of aliphatic imine (C=N–C) groups is 1. The summed E-state index contributed by atoms with van der Waals surface area (Å²) in [4.78, 5) is 4.25. The van der Waals surface area contributed by atoms with Crippen molar-refractivity contribution >= 4 is 5.96 Å². The van der Waals surface area contributed by atoms with E-state index >= 15 is 0 Å². The van der Waals surface area contributed by atoms with Crippen molar-refractivity contribution in [2.45, 2.75) is 13.0 Å². The first kappa shape index (κ1) is 19.6. The Hall–Kier alpha value is -3.12. The lowest BCUT2D eigenvalue weighted by molar-refractivity contribution is 0.125. The Balaban J connectivity index is 1.32. The zero-order valence-corrected chi connectivity index (χ0v) is 16.2. The molecule has 0 fully saturated rings. The van der Waals surface area contributed by atoms with Gasteiger partial charge in [-0.2, -0.15) is 5.10 Å². The second kappa shape index (κ2) is 10.9. The lowest BCUT2D eigenvalue weighted by atomic mass is 10.1. The molecule has 3 aromatic rings. The summed E-state index contributed by atoms with van der Waals surface area (Å²) in [6, 6.07) is 20.5. The van der Waals surface area contributed by atoms with Crippen molar-refractivity contribution in [3.63, 3.8) is 0 Å². The van der Waals surface area contributed by atoms with Crippen LogP contribution in [0.2, 0.25) is 0 Å². The fourth-order valence-corrected chi connectivity index (χ4v) is 2.79. The van der Waals surface area contributed by atoms with E-state index in [1.807, 2.05) is 35.1 Å². The molecule has 6 nitrogen and oxygen atoms in total.